The Hall–Kier alpha value is -3.01. The molecule has 0 radical (unpaired) electrons. The number of aliphatic carboxylic acids is 1. The van der Waals surface area contributed by atoms with Gasteiger partial charge in [-0.15, -0.1) is 0 Å². The van der Waals surface area contributed by atoms with Gasteiger partial charge in [0.1, 0.15) is 5.82 Å². The number of benzene rings is 3. The molecular formula is C32H32Cl2FNO6. The molecule has 1 fully saturated rings. The van der Waals surface area contributed by atoms with Crippen molar-refractivity contribution in [2.45, 2.75) is 50.5 Å². The van der Waals surface area contributed by atoms with Gasteiger partial charge >= 0.3 is 5.97 Å². The molecule has 7 nitrogen and oxygen atoms in total. The maximum Gasteiger partial charge on any atom is 0.308 e. The van der Waals surface area contributed by atoms with E-state index in [-0.39, 0.29) is 34.6 Å². The van der Waals surface area contributed by atoms with Crippen molar-refractivity contribution in [3.05, 3.63) is 104 Å². The van der Waals surface area contributed by atoms with Gasteiger partial charge in [0.05, 0.1) is 28.7 Å². The van der Waals surface area contributed by atoms with Gasteiger partial charge in [-0.2, -0.15) is 0 Å². The monoisotopic (exact) mass is 615 g/mol. The Labute approximate surface area is 253 Å². The summed E-state index contributed by atoms with van der Waals surface area (Å²) in [5.41, 5.74) is -3.60. The highest BCUT2D eigenvalue weighted by Gasteiger charge is 2.57. The van der Waals surface area contributed by atoms with E-state index in [1.807, 2.05) is 0 Å². The molecule has 3 aromatic carbocycles. The topological polar surface area (TPSA) is 107 Å². The van der Waals surface area contributed by atoms with Crippen LogP contribution in [0.2, 0.25) is 10.0 Å². The Bertz CT molecular complexity index is 1490. The predicted octanol–water partition coefficient (Wildman–Crippen LogP) is 6.27. The fraction of sp³-hybridized carbons (Fsp3) is 0.375. The standard InChI is InChI=1S/C32H32Cl2FNO6/c1-3-31(40,20-12-14-42-15-13-20)22-16-25-27(26(35)17-22)32(41,21-6-10-24(34)11-7-21)36(29(25)37)28(18(2)30(38)39)19-4-8-23(33)9-5-19/h4-11,16-18,20,28,40-41H,3,12-15H2,1-2H3,(H,38,39)/t18?,28?,31?,32-/m0/s1. The average molecular weight is 617 g/mol. The van der Waals surface area contributed by atoms with E-state index in [0.717, 1.165) is 4.90 Å². The van der Waals surface area contributed by atoms with E-state index in [1.165, 1.54) is 43.3 Å². The van der Waals surface area contributed by atoms with Crippen molar-refractivity contribution in [3.8, 4) is 0 Å². The normalized spacial score (nSPS) is 22.0. The number of carboxylic acids is 1. The zero-order valence-corrected chi connectivity index (χ0v) is 24.7. The summed E-state index contributed by atoms with van der Waals surface area (Å²) in [6, 6.07) is 13.6. The molecule has 0 saturated carbocycles. The van der Waals surface area contributed by atoms with Crippen LogP contribution >= 0.6 is 23.2 Å². The second kappa shape index (κ2) is 11.6. The molecule has 42 heavy (non-hydrogen) atoms. The summed E-state index contributed by atoms with van der Waals surface area (Å²) in [7, 11) is 0. The van der Waals surface area contributed by atoms with Crippen molar-refractivity contribution >= 4 is 35.1 Å². The van der Waals surface area contributed by atoms with Crippen molar-refractivity contribution in [2.75, 3.05) is 13.2 Å². The summed E-state index contributed by atoms with van der Waals surface area (Å²) < 4.78 is 21.9. The lowest BCUT2D eigenvalue weighted by Crippen LogP contribution is -2.49. The SMILES string of the molecule is CCC(O)(c1cc(F)c2c(c1)C(=O)N(C(c1ccc(Cl)cc1)C(C)C(=O)O)[C@]2(O)c1ccc(Cl)cc1)C1CCOCC1. The first-order valence-corrected chi connectivity index (χ1v) is 14.6. The number of rotatable bonds is 8. The number of carbonyl (C=O) groups is 2. The van der Waals surface area contributed by atoms with Crippen LogP contribution in [-0.4, -0.2) is 45.3 Å². The molecule has 3 aromatic rings. The molecule has 1 saturated heterocycles. The minimum atomic E-state index is -2.41. The van der Waals surface area contributed by atoms with E-state index in [9.17, 15) is 24.9 Å². The Morgan fingerprint density at radius 2 is 1.67 bits per heavy atom. The van der Waals surface area contributed by atoms with Gasteiger partial charge in [0.2, 0.25) is 0 Å². The lowest BCUT2D eigenvalue weighted by molar-refractivity contribution is -0.147. The molecule has 4 atom stereocenters. The Kier molecular flexibility index (Phi) is 8.40. The number of halogens is 3. The molecule has 0 bridgehead atoms. The van der Waals surface area contributed by atoms with Gasteiger partial charge in [0.15, 0.2) is 5.72 Å². The highest BCUT2D eigenvalue weighted by atomic mass is 35.5. The number of carbonyl (C=O) groups excluding carboxylic acids is 1. The Morgan fingerprint density at radius 3 is 2.21 bits per heavy atom. The van der Waals surface area contributed by atoms with Crippen molar-refractivity contribution < 1.29 is 34.0 Å². The number of carboxylic acid groups (broad SMARTS) is 1. The molecule has 1 amide bonds. The largest absolute Gasteiger partial charge is 0.481 e. The van der Waals surface area contributed by atoms with Gasteiger partial charge < -0.3 is 20.1 Å². The lowest BCUT2D eigenvalue weighted by atomic mass is 9.74. The zero-order valence-electron chi connectivity index (χ0n) is 23.2. The van der Waals surface area contributed by atoms with Crippen LogP contribution in [0.3, 0.4) is 0 Å². The molecule has 3 unspecified atom stereocenters. The molecule has 0 aliphatic carbocycles. The fourth-order valence-corrected chi connectivity index (χ4v) is 6.68. The third-order valence-electron chi connectivity index (χ3n) is 8.77. The number of hydrogen-bond acceptors (Lipinski definition) is 5. The third kappa shape index (κ3) is 4.99. The van der Waals surface area contributed by atoms with E-state index < -0.39 is 41.0 Å². The maximum atomic E-state index is 16.4. The summed E-state index contributed by atoms with van der Waals surface area (Å²) in [5, 5.41) is 35.3. The van der Waals surface area contributed by atoms with E-state index in [2.05, 4.69) is 0 Å². The number of nitrogens with zero attached hydrogens (tertiary/aromatic N) is 1. The number of aliphatic hydroxyl groups is 2. The highest BCUT2D eigenvalue weighted by molar-refractivity contribution is 6.30. The fourth-order valence-electron chi connectivity index (χ4n) is 6.43. The van der Waals surface area contributed by atoms with Crippen LogP contribution < -0.4 is 0 Å². The van der Waals surface area contributed by atoms with Crippen molar-refractivity contribution in [2.24, 2.45) is 11.8 Å². The van der Waals surface area contributed by atoms with Gasteiger partial charge in [-0.05, 0) is 79.6 Å². The number of hydrogen-bond donors (Lipinski definition) is 3. The number of amides is 1. The second-order valence-electron chi connectivity index (χ2n) is 11.0. The van der Waals surface area contributed by atoms with Gasteiger partial charge in [0, 0.05) is 28.8 Å². The van der Waals surface area contributed by atoms with Crippen LogP contribution in [0, 0.1) is 17.7 Å². The van der Waals surface area contributed by atoms with Gasteiger partial charge in [-0.1, -0.05) is 54.4 Å². The smallest absolute Gasteiger partial charge is 0.308 e. The Morgan fingerprint density at radius 1 is 1.10 bits per heavy atom. The van der Waals surface area contributed by atoms with E-state index in [0.29, 0.717) is 41.7 Å². The third-order valence-corrected chi connectivity index (χ3v) is 9.28. The summed E-state index contributed by atoms with van der Waals surface area (Å²) >= 11 is 12.2. The maximum absolute atomic E-state index is 16.4. The summed E-state index contributed by atoms with van der Waals surface area (Å²) in [4.78, 5) is 27.8. The van der Waals surface area contributed by atoms with E-state index >= 15 is 4.39 Å². The van der Waals surface area contributed by atoms with Crippen LogP contribution in [0.1, 0.15) is 71.8 Å². The van der Waals surface area contributed by atoms with E-state index in [1.54, 1.807) is 31.2 Å². The van der Waals surface area contributed by atoms with Crippen LogP contribution in [0.15, 0.2) is 60.7 Å². The zero-order chi connectivity index (χ0) is 30.4. The number of ether oxygens (including phenoxy) is 1. The first-order chi connectivity index (χ1) is 19.9. The summed E-state index contributed by atoms with van der Waals surface area (Å²) in [5.74, 6) is -4.35. The lowest BCUT2D eigenvalue weighted by Gasteiger charge is -2.42. The van der Waals surface area contributed by atoms with Crippen molar-refractivity contribution in [1.82, 2.24) is 4.90 Å². The molecule has 2 aliphatic heterocycles. The molecule has 222 valence electrons. The summed E-state index contributed by atoms with van der Waals surface area (Å²) in [6.07, 6.45) is 1.39. The molecule has 0 spiro atoms. The first kappa shape index (κ1) is 30.4. The van der Waals surface area contributed by atoms with Gasteiger partial charge in [0.25, 0.3) is 5.91 Å². The minimum absolute atomic E-state index is 0.123. The molecule has 0 aromatic heterocycles. The number of fused-ring (bicyclic) bond motifs is 1. The quantitative estimate of drug-likeness (QED) is 0.276. The predicted molar refractivity (Wildman–Crippen MR) is 156 cm³/mol. The van der Waals surface area contributed by atoms with Crippen LogP contribution in [0.25, 0.3) is 0 Å². The molecular weight excluding hydrogens is 584 g/mol. The van der Waals surface area contributed by atoms with E-state index in [4.69, 9.17) is 27.9 Å². The van der Waals surface area contributed by atoms with Crippen molar-refractivity contribution in [1.29, 1.82) is 0 Å². The molecule has 10 heteroatoms. The molecule has 2 aliphatic rings. The van der Waals surface area contributed by atoms with Crippen LogP contribution in [-0.2, 0) is 20.9 Å². The second-order valence-corrected chi connectivity index (χ2v) is 11.9. The van der Waals surface area contributed by atoms with Gasteiger partial charge in [-0.25, -0.2) is 4.39 Å². The Balaban J connectivity index is 1.76. The average Bonchev–Trinajstić information content (AvgIpc) is 3.21. The van der Waals surface area contributed by atoms with Crippen molar-refractivity contribution in [3.63, 3.8) is 0 Å². The minimum Gasteiger partial charge on any atom is -0.481 e. The van der Waals surface area contributed by atoms with Crippen LogP contribution in [0.5, 0.6) is 0 Å². The summed E-state index contributed by atoms with van der Waals surface area (Å²) in [6.45, 7) is 4.13. The molecule has 5 rings (SSSR count). The first-order valence-electron chi connectivity index (χ1n) is 13.9. The highest BCUT2D eigenvalue weighted by Crippen LogP contribution is 2.51. The molecule has 2 heterocycles. The van der Waals surface area contributed by atoms with Crippen LogP contribution in [0.4, 0.5) is 4.39 Å². The molecule has 3 N–H and O–H groups in total. The van der Waals surface area contributed by atoms with Gasteiger partial charge in [-0.3, -0.25) is 14.5 Å².